The van der Waals surface area contributed by atoms with Gasteiger partial charge in [0.1, 0.15) is 5.75 Å². The van der Waals surface area contributed by atoms with Crippen molar-refractivity contribution in [2.45, 2.75) is 20.4 Å². The lowest BCUT2D eigenvalue weighted by molar-refractivity contribution is 0.0947. The van der Waals surface area contributed by atoms with Crippen LogP contribution in [0.4, 0.5) is 0 Å². The molecule has 3 rings (SSSR count). The third kappa shape index (κ3) is 3.37. The fraction of sp³-hybridized carbons (Fsp3) is 0.211. The number of benzene rings is 2. The second kappa shape index (κ2) is 6.57. The number of rotatable bonds is 5. The monoisotopic (exact) mass is 308 g/mol. The number of aromatic nitrogens is 1. The fourth-order valence-electron chi connectivity index (χ4n) is 2.65. The molecule has 1 heterocycles. The van der Waals surface area contributed by atoms with Gasteiger partial charge >= 0.3 is 0 Å². The second-order valence-electron chi connectivity index (χ2n) is 5.49. The van der Waals surface area contributed by atoms with E-state index in [1.54, 1.807) is 6.07 Å². The number of H-pyrrole nitrogens is 1. The smallest absolute Gasteiger partial charge is 0.255 e. The first kappa shape index (κ1) is 15.2. The van der Waals surface area contributed by atoms with Crippen LogP contribution in [0, 0.1) is 6.92 Å². The number of carbonyl (C=O) groups excluding carboxylic acids is 1. The number of ether oxygens (including phenoxy) is 1. The molecule has 0 aliphatic rings. The molecule has 1 amide bonds. The maximum atomic E-state index is 12.4. The Morgan fingerprint density at radius 1 is 1.17 bits per heavy atom. The molecule has 4 nitrogen and oxygen atoms in total. The lowest BCUT2D eigenvalue weighted by atomic mass is 10.1. The van der Waals surface area contributed by atoms with Crippen LogP contribution in [0.15, 0.2) is 48.5 Å². The van der Waals surface area contributed by atoms with E-state index in [9.17, 15) is 4.79 Å². The molecule has 0 bridgehead atoms. The van der Waals surface area contributed by atoms with Crippen molar-refractivity contribution in [2.75, 3.05) is 6.61 Å². The summed E-state index contributed by atoms with van der Waals surface area (Å²) < 4.78 is 5.51. The van der Waals surface area contributed by atoms with E-state index in [-0.39, 0.29) is 5.91 Å². The molecule has 118 valence electrons. The lowest BCUT2D eigenvalue weighted by Gasteiger charge is -2.10. The molecular formula is C19H20N2O2. The number of aromatic amines is 1. The summed E-state index contributed by atoms with van der Waals surface area (Å²) in [6.45, 7) is 4.96. The molecule has 1 aromatic heterocycles. The van der Waals surface area contributed by atoms with Gasteiger partial charge in [-0.15, -0.1) is 0 Å². The Balaban J connectivity index is 1.72. The van der Waals surface area contributed by atoms with E-state index in [0.29, 0.717) is 24.5 Å². The summed E-state index contributed by atoms with van der Waals surface area (Å²) in [7, 11) is 0. The van der Waals surface area contributed by atoms with Gasteiger partial charge in [-0.05, 0) is 55.1 Å². The van der Waals surface area contributed by atoms with Crippen molar-refractivity contribution in [3.8, 4) is 5.75 Å². The van der Waals surface area contributed by atoms with Crippen molar-refractivity contribution >= 4 is 16.8 Å². The maximum absolute atomic E-state index is 12.4. The number of hydrogen-bond acceptors (Lipinski definition) is 2. The van der Waals surface area contributed by atoms with Crippen LogP contribution in [-0.2, 0) is 6.54 Å². The zero-order valence-corrected chi connectivity index (χ0v) is 13.3. The summed E-state index contributed by atoms with van der Waals surface area (Å²) in [5, 5.41) is 4.11. The van der Waals surface area contributed by atoms with Crippen molar-refractivity contribution in [2.24, 2.45) is 0 Å². The number of nitrogens with one attached hydrogen (secondary N) is 2. The molecule has 2 N–H and O–H groups in total. The Labute approximate surface area is 135 Å². The predicted octanol–water partition coefficient (Wildman–Crippen LogP) is 3.81. The summed E-state index contributed by atoms with van der Waals surface area (Å²) in [4.78, 5) is 15.7. The Kier molecular flexibility index (Phi) is 4.33. The molecular weight excluding hydrogens is 288 g/mol. The number of amides is 1. The molecule has 0 spiro atoms. The van der Waals surface area contributed by atoms with Crippen molar-refractivity contribution in [1.82, 2.24) is 10.3 Å². The van der Waals surface area contributed by atoms with Gasteiger partial charge in [0.25, 0.3) is 5.91 Å². The molecule has 23 heavy (non-hydrogen) atoms. The fourth-order valence-corrected chi connectivity index (χ4v) is 2.65. The van der Waals surface area contributed by atoms with Gasteiger partial charge in [-0.3, -0.25) is 4.79 Å². The summed E-state index contributed by atoms with van der Waals surface area (Å²) in [5.74, 6) is 0.489. The predicted molar refractivity (Wildman–Crippen MR) is 91.8 cm³/mol. The van der Waals surface area contributed by atoms with E-state index in [0.717, 1.165) is 22.2 Å². The number of para-hydroxylation sites is 1. The standard InChI is InChI=1S/C19H20N2O2/c1-3-23-18-7-5-4-6-16(18)19(22)20-12-14-8-9-17-15(11-14)10-13(2)21-17/h4-11,21H,3,12H2,1-2H3,(H,20,22). The van der Waals surface area contributed by atoms with E-state index in [1.807, 2.05) is 44.2 Å². The Morgan fingerprint density at radius 2 is 2.00 bits per heavy atom. The zero-order valence-electron chi connectivity index (χ0n) is 13.3. The molecule has 0 aliphatic carbocycles. The zero-order chi connectivity index (χ0) is 16.2. The molecule has 0 saturated heterocycles. The van der Waals surface area contributed by atoms with E-state index in [2.05, 4.69) is 22.4 Å². The van der Waals surface area contributed by atoms with Crippen LogP contribution in [-0.4, -0.2) is 17.5 Å². The topological polar surface area (TPSA) is 54.1 Å². The van der Waals surface area contributed by atoms with Gasteiger partial charge in [-0.2, -0.15) is 0 Å². The minimum absolute atomic E-state index is 0.126. The molecule has 2 aromatic carbocycles. The van der Waals surface area contributed by atoms with Gasteiger partial charge in [-0.1, -0.05) is 18.2 Å². The van der Waals surface area contributed by atoms with Crippen LogP contribution in [0.1, 0.15) is 28.5 Å². The van der Waals surface area contributed by atoms with Gasteiger partial charge in [0, 0.05) is 17.8 Å². The molecule has 3 aromatic rings. The summed E-state index contributed by atoms with van der Waals surface area (Å²) in [6, 6.07) is 15.5. The van der Waals surface area contributed by atoms with Gasteiger partial charge in [0.2, 0.25) is 0 Å². The first-order valence-electron chi connectivity index (χ1n) is 7.75. The average molecular weight is 308 g/mol. The molecule has 0 atom stereocenters. The van der Waals surface area contributed by atoms with E-state index in [1.165, 1.54) is 0 Å². The minimum Gasteiger partial charge on any atom is -0.493 e. The van der Waals surface area contributed by atoms with Crippen LogP contribution in [0.2, 0.25) is 0 Å². The Bertz CT molecular complexity index is 836. The number of carbonyl (C=O) groups is 1. The highest BCUT2D eigenvalue weighted by molar-refractivity contribution is 5.96. The van der Waals surface area contributed by atoms with Gasteiger partial charge in [-0.25, -0.2) is 0 Å². The molecule has 0 aliphatic heterocycles. The highest BCUT2D eigenvalue weighted by atomic mass is 16.5. The molecule has 0 fully saturated rings. The third-order valence-electron chi connectivity index (χ3n) is 3.70. The van der Waals surface area contributed by atoms with E-state index < -0.39 is 0 Å². The first-order chi connectivity index (χ1) is 11.2. The van der Waals surface area contributed by atoms with Crippen molar-refractivity contribution in [3.63, 3.8) is 0 Å². The van der Waals surface area contributed by atoms with Crippen molar-refractivity contribution < 1.29 is 9.53 Å². The van der Waals surface area contributed by atoms with Crippen LogP contribution >= 0.6 is 0 Å². The highest BCUT2D eigenvalue weighted by Gasteiger charge is 2.11. The van der Waals surface area contributed by atoms with Crippen LogP contribution in [0.25, 0.3) is 10.9 Å². The summed E-state index contributed by atoms with van der Waals surface area (Å²) in [5.41, 5.74) is 3.87. The van der Waals surface area contributed by atoms with E-state index >= 15 is 0 Å². The minimum atomic E-state index is -0.126. The quantitative estimate of drug-likeness (QED) is 0.753. The first-order valence-corrected chi connectivity index (χ1v) is 7.75. The van der Waals surface area contributed by atoms with Gasteiger partial charge < -0.3 is 15.0 Å². The number of aryl methyl sites for hydroxylation is 1. The van der Waals surface area contributed by atoms with Crippen LogP contribution < -0.4 is 10.1 Å². The van der Waals surface area contributed by atoms with Crippen molar-refractivity contribution in [3.05, 3.63) is 65.4 Å². The van der Waals surface area contributed by atoms with Crippen molar-refractivity contribution in [1.29, 1.82) is 0 Å². The number of fused-ring (bicyclic) bond motifs is 1. The second-order valence-corrected chi connectivity index (χ2v) is 5.49. The Morgan fingerprint density at radius 3 is 2.83 bits per heavy atom. The van der Waals surface area contributed by atoms with Gasteiger partial charge in [0.15, 0.2) is 0 Å². The lowest BCUT2D eigenvalue weighted by Crippen LogP contribution is -2.23. The molecule has 4 heteroatoms. The molecule has 0 saturated carbocycles. The summed E-state index contributed by atoms with van der Waals surface area (Å²) >= 11 is 0. The molecule has 0 radical (unpaired) electrons. The van der Waals surface area contributed by atoms with E-state index in [4.69, 9.17) is 4.74 Å². The maximum Gasteiger partial charge on any atom is 0.255 e. The average Bonchev–Trinajstić information content (AvgIpc) is 2.92. The highest BCUT2D eigenvalue weighted by Crippen LogP contribution is 2.19. The molecule has 0 unspecified atom stereocenters. The summed E-state index contributed by atoms with van der Waals surface area (Å²) in [6.07, 6.45) is 0. The number of hydrogen-bond donors (Lipinski definition) is 2. The SMILES string of the molecule is CCOc1ccccc1C(=O)NCc1ccc2[nH]c(C)cc2c1. The third-order valence-corrected chi connectivity index (χ3v) is 3.70. The van der Waals surface area contributed by atoms with Crippen LogP contribution in [0.3, 0.4) is 0 Å². The largest absolute Gasteiger partial charge is 0.493 e. The normalized spacial score (nSPS) is 10.7. The van der Waals surface area contributed by atoms with Gasteiger partial charge in [0.05, 0.1) is 12.2 Å². The van der Waals surface area contributed by atoms with Crippen LogP contribution in [0.5, 0.6) is 5.75 Å². The Hall–Kier alpha value is -2.75.